The number of nitrogens with zero attached hydrogens (tertiary/aromatic N) is 4. The molecule has 0 saturated carbocycles. The molecule has 2 aliphatic rings. The number of aromatic nitrogens is 3. The Hall–Kier alpha value is -3.48. The van der Waals surface area contributed by atoms with Crippen LogP contribution in [0.2, 0.25) is 0 Å². The van der Waals surface area contributed by atoms with E-state index in [-0.39, 0.29) is 17.9 Å². The number of amides is 2. The van der Waals surface area contributed by atoms with E-state index in [1.807, 2.05) is 42.5 Å². The Labute approximate surface area is 187 Å². The molecule has 7 heteroatoms. The molecule has 3 aromatic rings. The number of hydrogen-bond donors (Lipinski definition) is 1. The van der Waals surface area contributed by atoms with Gasteiger partial charge >= 0.3 is 0 Å². The molecular weight excluding hydrogens is 402 g/mol. The average Bonchev–Trinajstić information content (AvgIpc) is 3.36. The SMILES string of the molecule is O=C(NC1CCc2nnc(Cc3ccccc3)n2CC1)c1cccc(N2CCCC2=O)c1. The van der Waals surface area contributed by atoms with Crippen molar-refractivity contribution in [1.82, 2.24) is 20.1 Å². The molecule has 1 N–H and O–H groups in total. The Morgan fingerprint density at radius 2 is 1.88 bits per heavy atom. The lowest BCUT2D eigenvalue weighted by Gasteiger charge is -2.19. The lowest BCUT2D eigenvalue weighted by molar-refractivity contribution is -0.117. The van der Waals surface area contributed by atoms with E-state index in [4.69, 9.17) is 0 Å². The third-order valence-electron chi connectivity index (χ3n) is 6.36. The summed E-state index contributed by atoms with van der Waals surface area (Å²) in [5.74, 6) is 2.00. The summed E-state index contributed by atoms with van der Waals surface area (Å²) in [5.41, 5.74) is 2.61. The van der Waals surface area contributed by atoms with E-state index in [9.17, 15) is 9.59 Å². The highest BCUT2D eigenvalue weighted by molar-refractivity contribution is 5.99. The second-order valence-corrected chi connectivity index (χ2v) is 8.54. The highest BCUT2D eigenvalue weighted by atomic mass is 16.2. The van der Waals surface area contributed by atoms with Gasteiger partial charge in [0, 0.05) is 49.6 Å². The summed E-state index contributed by atoms with van der Waals surface area (Å²) >= 11 is 0. The Kier molecular flexibility index (Phi) is 5.71. The Balaban J connectivity index is 1.23. The fourth-order valence-electron chi connectivity index (χ4n) is 4.61. The number of aryl methyl sites for hydroxylation is 1. The summed E-state index contributed by atoms with van der Waals surface area (Å²) in [4.78, 5) is 26.8. The van der Waals surface area contributed by atoms with E-state index < -0.39 is 0 Å². The van der Waals surface area contributed by atoms with Gasteiger partial charge in [0.1, 0.15) is 11.6 Å². The number of carbonyl (C=O) groups is 2. The second kappa shape index (κ2) is 8.94. The zero-order valence-electron chi connectivity index (χ0n) is 18.0. The summed E-state index contributed by atoms with van der Waals surface area (Å²) in [7, 11) is 0. The maximum Gasteiger partial charge on any atom is 0.251 e. The van der Waals surface area contributed by atoms with E-state index in [2.05, 4.69) is 32.2 Å². The van der Waals surface area contributed by atoms with Crippen molar-refractivity contribution in [2.45, 2.75) is 51.1 Å². The Bertz CT molecular complexity index is 1120. The number of rotatable bonds is 5. The van der Waals surface area contributed by atoms with Crippen molar-refractivity contribution in [3.63, 3.8) is 0 Å². The van der Waals surface area contributed by atoms with E-state index in [1.165, 1.54) is 5.56 Å². The second-order valence-electron chi connectivity index (χ2n) is 8.54. The molecule has 1 saturated heterocycles. The smallest absolute Gasteiger partial charge is 0.251 e. The van der Waals surface area contributed by atoms with Crippen LogP contribution in [0.4, 0.5) is 5.69 Å². The topological polar surface area (TPSA) is 80.1 Å². The van der Waals surface area contributed by atoms with Gasteiger partial charge in [0.15, 0.2) is 0 Å². The van der Waals surface area contributed by atoms with Crippen LogP contribution in [-0.4, -0.2) is 39.2 Å². The predicted octanol–water partition coefficient (Wildman–Crippen LogP) is 3.13. The van der Waals surface area contributed by atoms with Crippen LogP contribution in [0, 0.1) is 0 Å². The van der Waals surface area contributed by atoms with Crippen LogP contribution in [0.1, 0.15) is 53.3 Å². The molecule has 0 radical (unpaired) electrons. The molecule has 3 heterocycles. The maximum atomic E-state index is 12.9. The molecule has 1 aromatic heterocycles. The summed E-state index contributed by atoms with van der Waals surface area (Å²) in [5, 5.41) is 12.0. The van der Waals surface area contributed by atoms with Crippen LogP contribution in [0.15, 0.2) is 54.6 Å². The largest absolute Gasteiger partial charge is 0.349 e. The van der Waals surface area contributed by atoms with Crippen molar-refractivity contribution in [1.29, 1.82) is 0 Å². The number of fused-ring (bicyclic) bond motifs is 1. The molecule has 2 amide bonds. The zero-order valence-corrected chi connectivity index (χ0v) is 18.0. The summed E-state index contributed by atoms with van der Waals surface area (Å²) < 4.78 is 2.21. The Morgan fingerprint density at radius 1 is 1.00 bits per heavy atom. The quantitative estimate of drug-likeness (QED) is 0.676. The minimum Gasteiger partial charge on any atom is -0.349 e. The van der Waals surface area contributed by atoms with E-state index >= 15 is 0 Å². The van der Waals surface area contributed by atoms with E-state index in [0.29, 0.717) is 12.0 Å². The van der Waals surface area contributed by atoms with Gasteiger partial charge in [0.25, 0.3) is 5.91 Å². The lowest BCUT2D eigenvalue weighted by Crippen LogP contribution is -2.35. The van der Waals surface area contributed by atoms with Crippen LogP contribution in [0.25, 0.3) is 0 Å². The molecule has 0 bridgehead atoms. The Morgan fingerprint density at radius 3 is 2.69 bits per heavy atom. The number of benzene rings is 2. The first kappa shape index (κ1) is 20.4. The molecule has 1 unspecified atom stereocenters. The van der Waals surface area contributed by atoms with Crippen LogP contribution >= 0.6 is 0 Å². The molecule has 7 nitrogen and oxygen atoms in total. The highest BCUT2D eigenvalue weighted by Gasteiger charge is 2.24. The van der Waals surface area contributed by atoms with Gasteiger partial charge in [-0.2, -0.15) is 0 Å². The average molecular weight is 430 g/mol. The maximum absolute atomic E-state index is 12.9. The van der Waals surface area contributed by atoms with Crippen LogP contribution in [0.5, 0.6) is 0 Å². The normalized spacial score (nSPS) is 18.3. The van der Waals surface area contributed by atoms with Crippen molar-refractivity contribution >= 4 is 17.5 Å². The number of carbonyl (C=O) groups excluding carboxylic acids is 2. The number of anilines is 1. The number of hydrogen-bond acceptors (Lipinski definition) is 4. The zero-order chi connectivity index (χ0) is 21.9. The van der Waals surface area contributed by atoms with Crippen molar-refractivity contribution in [2.75, 3.05) is 11.4 Å². The monoisotopic (exact) mass is 429 g/mol. The van der Waals surface area contributed by atoms with Gasteiger partial charge in [-0.3, -0.25) is 9.59 Å². The van der Waals surface area contributed by atoms with Crippen LogP contribution in [0.3, 0.4) is 0 Å². The molecule has 0 aliphatic carbocycles. The van der Waals surface area contributed by atoms with Gasteiger partial charge in [-0.25, -0.2) is 0 Å². The molecule has 164 valence electrons. The summed E-state index contributed by atoms with van der Waals surface area (Å²) in [6.07, 6.45) is 4.66. The third kappa shape index (κ3) is 4.28. The fraction of sp³-hybridized carbons (Fsp3) is 0.360. The molecular formula is C25H27N5O2. The lowest BCUT2D eigenvalue weighted by atomic mass is 10.1. The first-order valence-electron chi connectivity index (χ1n) is 11.3. The van der Waals surface area contributed by atoms with E-state index in [0.717, 1.165) is 62.5 Å². The van der Waals surface area contributed by atoms with Gasteiger partial charge in [0.2, 0.25) is 5.91 Å². The minimum atomic E-state index is -0.0920. The van der Waals surface area contributed by atoms with Crippen molar-refractivity contribution < 1.29 is 9.59 Å². The standard InChI is InChI=1S/C25H27N5O2/c31-24-10-5-14-29(24)21-9-4-8-19(17-21)25(32)26-20-11-12-22-27-28-23(30(22)15-13-20)16-18-6-2-1-3-7-18/h1-4,6-9,17,20H,5,10-16H2,(H,26,32). The molecule has 32 heavy (non-hydrogen) atoms. The van der Waals surface area contributed by atoms with Crippen LogP contribution in [-0.2, 0) is 24.2 Å². The van der Waals surface area contributed by atoms with Gasteiger partial charge in [0.05, 0.1) is 0 Å². The third-order valence-corrected chi connectivity index (χ3v) is 6.36. The predicted molar refractivity (Wildman–Crippen MR) is 121 cm³/mol. The highest BCUT2D eigenvalue weighted by Crippen LogP contribution is 2.23. The van der Waals surface area contributed by atoms with Crippen molar-refractivity contribution in [3.8, 4) is 0 Å². The van der Waals surface area contributed by atoms with Gasteiger partial charge in [-0.15, -0.1) is 10.2 Å². The molecule has 2 aromatic carbocycles. The van der Waals surface area contributed by atoms with Gasteiger partial charge in [-0.05, 0) is 43.0 Å². The first-order valence-corrected chi connectivity index (χ1v) is 11.3. The summed E-state index contributed by atoms with van der Waals surface area (Å²) in [6, 6.07) is 17.7. The number of nitrogens with one attached hydrogen (secondary N) is 1. The van der Waals surface area contributed by atoms with Crippen LogP contribution < -0.4 is 10.2 Å². The fourth-order valence-corrected chi connectivity index (χ4v) is 4.61. The van der Waals surface area contributed by atoms with Crippen molar-refractivity contribution in [2.24, 2.45) is 0 Å². The van der Waals surface area contributed by atoms with Gasteiger partial charge in [-0.1, -0.05) is 36.4 Å². The molecule has 1 fully saturated rings. The first-order chi connectivity index (χ1) is 15.7. The molecule has 5 rings (SSSR count). The summed E-state index contributed by atoms with van der Waals surface area (Å²) in [6.45, 7) is 1.51. The molecule has 0 spiro atoms. The van der Waals surface area contributed by atoms with Gasteiger partial charge < -0.3 is 14.8 Å². The van der Waals surface area contributed by atoms with E-state index in [1.54, 1.807) is 4.90 Å². The minimum absolute atomic E-state index is 0.0749. The molecule has 1 atom stereocenters. The van der Waals surface area contributed by atoms with Crippen molar-refractivity contribution in [3.05, 3.63) is 77.4 Å². The molecule has 2 aliphatic heterocycles.